The van der Waals surface area contributed by atoms with Gasteiger partial charge in [0, 0.05) is 5.92 Å². The minimum Gasteiger partial charge on any atom is -0.0836 e. The molecule has 3 aliphatic carbocycles. The van der Waals surface area contributed by atoms with Crippen LogP contribution in [0, 0.1) is 0 Å². The molecule has 0 nitrogen and oxygen atoms in total. The van der Waals surface area contributed by atoms with Crippen LogP contribution in [0.5, 0.6) is 0 Å². The van der Waals surface area contributed by atoms with E-state index >= 15 is 0 Å². The van der Waals surface area contributed by atoms with Crippen molar-refractivity contribution < 1.29 is 0 Å². The third-order valence-electron chi connectivity index (χ3n) is 7.75. The van der Waals surface area contributed by atoms with E-state index in [1.165, 1.54) is 50.1 Å². The minimum atomic E-state index is -0.239. The van der Waals surface area contributed by atoms with Crippen molar-refractivity contribution in [2.24, 2.45) is 0 Å². The summed E-state index contributed by atoms with van der Waals surface area (Å²) in [5.41, 5.74) is 12.8. The molecular formula is C32H24. The predicted molar refractivity (Wildman–Crippen MR) is 132 cm³/mol. The lowest BCUT2D eigenvalue weighted by Crippen LogP contribution is -2.29. The highest BCUT2D eigenvalue weighted by Crippen LogP contribution is 2.60. The molecule has 3 aliphatic rings. The maximum absolute atomic E-state index is 2.55. The molecule has 0 heterocycles. The van der Waals surface area contributed by atoms with E-state index in [0.717, 1.165) is 12.8 Å². The molecule has 1 atom stereocenters. The quantitative estimate of drug-likeness (QED) is 0.282. The molecule has 0 saturated carbocycles. The Labute approximate surface area is 189 Å². The van der Waals surface area contributed by atoms with Gasteiger partial charge in [0.25, 0.3) is 0 Å². The van der Waals surface area contributed by atoms with Crippen molar-refractivity contribution >= 4 is 0 Å². The Hall–Kier alpha value is -3.64. The van der Waals surface area contributed by atoms with E-state index in [9.17, 15) is 0 Å². The van der Waals surface area contributed by atoms with Crippen LogP contribution < -0.4 is 0 Å². The molecule has 0 N–H and O–H groups in total. The Bertz CT molecular complexity index is 1360. The number of rotatable bonds is 2. The first-order valence-corrected chi connectivity index (χ1v) is 11.6. The summed E-state index contributed by atoms with van der Waals surface area (Å²) in [6, 6.07) is 36.3. The second-order valence-electron chi connectivity index (χ2n) is 9.25. The lowest BCUT2D eigenvalue weighted by molar-refractivity contribution is 0.693. The third kappa shape index (κ3) is 2.27. The Morgan fingerprint density at radius 1 is 0.656 bits per heavy atom. The molecule has 0 aromatic heterocycles. The first kappa shape index (κ1) is 18.0. The van der Waals surface area contributed by atoms with Crippen LogP contribution in [0.25, 0.3) is 11.1 Å². The highest BCUT2D eigenvalue weighted by Gasteiger charge is 2.50. The molecule has 32 heavy (non-hydrogen) atoms. The molecule has 152 valence electrons. The predicted octanol–water partition coefficient (Wildman–Crippen LogP) is 7.58. The van der Waals surface area contributed by atoms with Crippen molar-refractivity contribution in [3.63, 3.8) is 0 Å². The zero-order chi connectivity index (χ0) is 21.1. The topological polar surface area (TPSA) is 0 Å². The fourth-order valence-electron chi connectivity index (χ4n) is 6.47. The maximum Gasteiger partial charge on any atom is 0.0673 e. The summed E-state index contributed by atoms with van der Waals surface area (Å²) in [6.45, 7) is 0. The summed E-state index contributed by atoms with van der Waals surface area (Å²) >= 11 is 0. The normalized spacial score (nSPS) is 19.0. The van der Waals surface area contributed by atoms with Gasteiger partial charge < -0.3 is 0 Å². The molecule has 0 amide bonds. The largest absolute Gasteiger partial charge is 0.0836 e. The SMILES string of the molecule is C1=CCC2C(=C1)C(c1ccccc1)(c1ccccc1)c1cc3c(cc12)-c1ccccc1C3. The molecular weight excluding hydrogens is 384 g/mol. The van der Waals surface area contributed by atoms with E-state index in [4.69, 9.17) is 0 Å². The zero-order valence-corrected chi connectivity index (χ0v) is 18.0. The second-order valence-corrected chi connectivity index (χ2v) is 9.25. The standard InChI is InChI=1S/C32H24/c1-3-12-24(13-4-1)32(25-14-5-2-6-15-25)30-18-10-9-17-27(30)29-21-28-23(20-31(29)32)19-22-11-7-8-16-26(22)28/h1-16,18,20-21,27H,17,19H2. The molecule has 4 aromatic rings. The molecule has 0 heteroatoms. The van der Waals surface area contributed by atoms with E-state index in [0.29, 0.717) is 5.92 Å². The van der Waals surface area contributed by atoms with E-state index in [-0.39, 0.29) is 5.41 Å². The first-order chi connectivity index (χ1) is 15.9. The molecule has 0 spiro atoms. The number of hydrogen-bond acceptors (Lipinski definition) is 0. The second kappa shape index (κ2) is 6.68. The van der Waals surface area contributed by atoms with Gasteiger partial charge in [0.2, 0.25) is 0 Å². The molecule has 0 aliphatic heterocycles. The third-order valence-corrected chi connectivity index (χ3v) is 7.75. The maximum atomic E-state index is 2.55. The van der Waals surface area contributed by atoms with Gasteiger partial charge in [0.15, 0.2) is 0 Å². The van der Waals surface area contributed by atoms with Crippen molar-refractivity contribution in [2.45, 2.75) is 24.2 Å². The summed E-state index contributed by atoms with van der Waals surface area (Å²) < 4.78 is 0. The summed E-state index contributed by atoms with van der Waals surface area (Å²) in [5.74, 6) is 0.425. The lowest BCUT2D eigenvalue weighted by Gasteiger charge is -2.36. The van der Waals surface area contributed by atoms with Crippen molar-refractivity contribution in [3.05, 3.63) is 154 Å². The van der Waals surface area contributed by atoms with Gasteiger partial charge in [-0.15, -0.1) is 0 Å². The molecule has 7 rings (SSSR count). The van der Waals surface area contributed by atoms with Crippen LogP contribution in [0.4, 0.5) is 0 Å². The van der Waals surface area contributed by atoms with E-state index < -0.39 is 0 Å². The van der Waals surface area contributed by atoms with Gasteiger partial charge in [-0.2, -0.15) is 0 Å². The highest BCUT2D eigenvalue weighted by atomic mass is 14.5. The van der Waals surface area contributed by atoms with Crippen molar-refractivity contribution in [1.29, 1.82) is 0 Å². The van der Waals surface area contributed by atoms with Crippen LogP contribution in [-0.4, -0.2) is 0 Å². The van der Waals surface area contributed by atoms with Crippen molar-refractivity contribution in [1.82, 2.24) is 0 Å². The summed E-state index contributed by atoms with van der Waals surface area (Å²) in [5, 5.41) is 0. The average Bonchev–Trinajstić information content (AvgIpc) is 3.37. The Morgan fingerprint density at radius 2 is 1.34 bits per heavy atom. The van der Waals surface area contributed by atoms with Crippen LogP contribution >= 0.6 is 0 Å². The number of fused-ring (bicyclic) bond motifs is 6. The Kier molecular flexibility index (Phi) is 3.75. The van der Waals surface area contributed by atoms with Gasteiger partial charge in [-0.05, 0) is 69.0 Å². The fraction of sp³-hybridized carbons (Fsp3) is 0.125. The van der Waals surface area contributed by atoms with Crippen LogP contribution in [0.1, 0.15) is 45.7 Å². The Morgan fingerprint density at radius 3 is 2.09 bits per heavy atom. The van der Waals surface area contributed by atoms with Crippen LogP contribution in [-0.2, 0) is 11.8 Å². The molecule has 0 bridgehead atoms. The van der Waals surface area contributed by atoms with Gasteiger partial charge >= 0.3 is 0 Å². The van der Waals surface area contributed by atoms with Crippen LogP contribution in [0.15, 0.2) is 121 Å². The molecule has 1 unspecified atom stereocenters. The zero-order valence-electron chi connectivity index (χ0n) is 18.0. The van der Waals surface area contributed by atoms with Gasteiger partial charge in [0.05, 0.1) is 5.41 Å². The van der Waals surface area contributed by atoms with Crippen molar-refractivity contribution in [3.8, 4) is 11.1 Å². The summed E-state index contributed by atoms with van der Waals surface area (Å²) in [7, 11) is 0. The first-order valence-electron chi connectivity index (χ1n) is 11.6. The van der Waals surface area contributed by atoms with Crippen LogP contribution in [0.2, 0.25) is 0 Å². The summed E-state index contributed by atoms with van der Waals surface area (Å²) in [6.07, 6.45) is 9.10. The smallest absolute Gasteiger partial charge is 0.0673 e. The molecule has 0 saturated heterocycles. The van der Waals surface area contributed by atoms with Crippen molar-refractivity contribution in [2.75, 3.05) is 0 Å². The van der Waals surface area contributed by atoms with Gasteiger partial charge in [0.1, 0.15) is 0 Å². The molecule has 0 radical (unpaired) electrons. The lowest BCUT2D eigenvalue weighted by atomic mass is 9.66. The minimum absolute atomic E-state index is 0.239. The average molecular weight is 409 g/mol. The van der Waals surface area contributed by atoms with E-state index in [2.05, 4.69) is 115 Å². The Balaban J connectivity index is 1.59. The van der Waals surface area contributed by atoms with E-state index in [1.807, 2.05) is 0 Å². The highest BCUT2D eigenvalue weighted by molar-refractivity contribution is 5.81. The van der Waals surface area contributed by atoms with E-state index in [1.54, 1.807) is 0 Å². The number of hydrogen-bond donors (Lipinski definition) is 0. The fourth-order valence-corrected chi connectivity index (χ4v) is 6.47. The van der Waals surface area contributed by atoms with Gasteiger partial charge in [-0.3, -0.25) is 0 Å². The molecule has 4 aromatic carbocycles. The summed E-state index contributed by atoms with van der Waals surface area (Å²) in [4.78, 5) is 0. The van der Waals surface area contributed by atoms with Gasteiger partial charge in [-0.1, -0.05) is 109 Å². The molecule has 0 fully saturated rings. The number of benzene rings is 4. The monoisotopic (exact) mass is 408 g/mol. The van der Waals surface area contributed by atoms with Gasteiger partial charge in [-0.25, -0.2) is 0 Å². The van der Waals surface area contributed by atoms with Crippen LogP contribution in [0.3, 0.4) is 0 Å². The number of allylic oxidation sites excluding steroid dienone is 4.